The Kier molecular flexibility index (Phi) is 5.04. The number of hydrogen-bond acceptors (Lipinski definition) is 2. The minimum Gasteiger partial charge on any atom is -0.496 e. The van der Waals surface area contributed by atoms with Gasteiger partial charge in [-0.2, -0.15) is 0 Å². The fourth-order valence-electron chi connectivity index (χ4n) is 2.52. The van der Waals surface area contributed by atoms with Crippen LogP contribution in [0.25, 0.3) is 12.2 Å². The largest absolute Gasteiger partial charge is 0.496 e. The number of methoxy groups -OCH3 is 1. The zero-order valence-corrected chi connectivity index (χ0v) is 13.8. The quantitative estimate of drug-likeness (QED) is 0.832. The van der Waals surface area contributed by atoms with Gasteiger partial charge in [-0.05, 0) is 34.2 Å². The Hall–Kier alpha value is -2.06. The van der Waals surface area contributed by atoms with Crippen molar-refractivity contribution in [2.24, 2.45) is 0 Å². The summed E-state index contributed by atoms with van der Waals surface area (Å²) in [5, 5.41) is 9.63. The second-order valence-corrected chi connectivity index (χ2v) is 6.40. The summed E-state index contributed by atoms with van der Waals surface area (Å²) in [5.74, 6) is 0.782. The Bertz CT molecular complexity index is 649. The summed E-state index contributed by atoms with van der Waals surface area (Å²) < 4.78 is 5.48. The molecule has 2 rings (SSSR count). The molecule has 0 spiro atoms. The number of benzene rings is 2. The molecule has 2 aromatic carbocycles. The first-order valence-electron chi connectivity index (χ1n) is 7.51. The topological polar surface area (TPSA) is 29.5 Å². The van der Waals surface area contributed by atoms with Crippen LogP contribution >= 0.6 is 0 Å². The Morgan fingerprint density at radius 3 is 2.27 bits per heavy atom. The molecule has 0 fully saturated rings. The lowest BCUT2D eigenvalue weighted by Crippen LogP contribution is -2.15. The van der Waals surface area contributed by atoms with Crippen LogP contribution in [0, 0.1) is 0 Å². The van der Waals surface area contributed by atoms with E-state index >= 15 is 0 Å². The van der Waals surface area contributed by atoms with Gasteiger partial charge in [-0.15, -0.1) is 0 Å². The van der Waals surface area contributed by atoms with Gasteiger partial charge in [0.05, 0.1) is 13.7 Å². The number of rotatable bonds is 4. The van der Waals surface area contributed by atoms with Crippen molar-refractivity contribution in [2.75, 3.05) is 7.11 Å². The van der Waals surface area contributed by atoms with Gasteiger partial charge in [0, 0.05) is 5.56 Å². The fourth-order valence-corrected chi connectivity index (χ4v) is 2.52. The van der Waals surface area contributed by atoms with Crippen molar-refractivity contribution < 1.29 is 9.84 Å². The molecular formula is C20H24O2. The molecule has 0 saturated carbocycles. The van der Waals surface area contributed by atoms with E-state index in [-0.39, 0.29) is 12.0 Å². The van der Waals surface area contributed by atoms with E-state index in [1.807, 2.05) is 24.3 Å². The molecule has 0 saturated heterocycles. The van der Waals surface area contributed by atoms with Gasteiger partial charge >= 0.3 is 0 Å². The lowest BCUT2D eigenvalue weighted by molar-refractivity contribution is 0.277. The molecular weight excluding hydrogens is 272 g/mol. The van der Waals surface area contributed by atoms with Crippen LogP contribution in [-0.4, -0.2) is 12.2 Å². The van der Waals surface area contributed by atoms with E-state index in [9.17, 15) is 5.11 Å². The van der Waals surface area contributed by atoms with Crippen molar-refractivity contribution in [3.8, 4) is 5.75 Å². The van der Waals surface area contributed by atoms with E-state index in [2.05, 4.69) is 51.1 Å². The first kappa shape index (κ1) is 16.3. The molecule has 0 atom stereocenters. The highest BCUT2D eigenvalue weighted by molar-refractivity contribution is 5.73. The van der Waals surface area contributed by atoms with Crippen LogP contribution in [0.15, 0.2) is 42.5 Å². The molecule has 0 aliphatic carbocycles. The standard InChI is InChI=1S/C20H24O2/c1-20(2,3)18-12-16(19(22-4)13-17(18)14-21)11-10-15-8-6-5-7-9-15/h5-13,21H,14H2,1-4H3. The molecule has 1 N–H and O–H groups in total. The third-order valence-corrected chi connectivity index (χ3v) is 3.69. The maximum Gasteiger partial charge on any atom is 0.126 e. The third kappa shape index (κ3) is 3.77. The second-order valence-electron chi connectivity index (χ2n) is 6.40. The van der Waals surface area contributed by atoms with Crippen molar-refractivity contribution >= 4 is 12.2 Å². The summed E-state index contributed by atoms with van der Waals surface area (Å²) in [6, 6.07) is 14.2. The molecule has 0 unspecified atom stereocenters. The maximum atomic E-state index is 9.63. The predicted octanol–water partition coefficient (Wildman–Crippen LogP) is 4.66. The van der Waals surface area contributed by atoms with Crippen molar-refractivity contribution in [1.82, 2.24) is 0 Å². The molecule has 2 nitrogen and oxygen atoms in total. The minimum atomic E-state index is -0.0281. The van der Waals surface area contributed by atoms with Crippen LogP contribution < -0.4 is 4.74 Å². The van der Waals surface area contributed by atoms with E-state index in [1.165, 1.54) is 0 Å². The molecule has 0 radical (unpaired) electrons. The molecule has 0 aromatic heterocycles. The Balaban J connectivity index is 2.48. The highest BCUT2D eigenvalue weighted by Crippen LogP contribution is 2.33. The van der Waals surface area contributed by atoms with Gasteiger partial charge in [0.25, 0.3) is 0 Å². The zero-order chi connectivity index (χ0) is 16.2. The van der Waals surface area contributed by atoms with Gasteiger partial charge in [0.15, 0.2) is 0 Å². The predicted molar refractivity (Wildman–Crippen MR) is 93.0 cm³/mol. The van der Waals surface area contributed by atoms with Gasteiger partial charge in [0.2, 0.25) is 0 Å². The summed E-state index contributed by atoms with van der Waals surface area (Å²) in [4.78, 5) is 0. The van der Waals surface area contributed by atoms with Crippen LogP contribution in [-0.2, 0) is 12.0 Å². The van der Waals surface area contributed by atoms with Crippen molar-refractivity contribution in [3.63, 3.8) is 0 Å². The van der Waals surface area contributed by atoms with Crippen LogP contribution in [0.3, 0.4) is 0 Å². The molecule has 2 heteroatoms. The second kappa shape index (κ2) is 6.80. The van der Waals surface area contributed by atoms with Gasteiger partial charge in [-0.1, -0.05) is 63.3 Å². The summed E-state index contributed by atoms with van der Waals surface area (Å²) in [6.07, 6.45) is 4.13. The molecule has 116 valence electrons. The first-order valence-corrected chi connectivity index (χ1v) is 7.51. The van der Waals surface area contributed by atoms with Crippen LogP contribution in [0.5, 0.6) is 5.75 Å². The molecule has 0 amide bonds. The van der Waals surface area contributed by atoms with E-state index in [0.717, 1.165) is 28.0 Å². The number of ether oxygens (including phenoxy) is 1. The number of aliphatic hydroxyl groups is 1. The van der Waals surface area contributed by atoms with Gasteiger partial charge in [-0.3, -0.25) is 0 Å². The Morgan fingerprint density at radius 1 is 1.05 bits per heavy atom. The zero-order valence-electron chi connectivity index (χ0n) is 13.8. The molecule has 0 aliphatic rings. The molecule has 0 bridgehead atoms. The van der Waals surface area contributed by atoms with E-state index in [0.29, 0.717) is 0 Å². The van der Waals surface area contributed by atoms with Crippen molar-refractivity contribution in [3.05, 3.63) is 64.7 Å². The summed E-state index contributed by atoms with van der Waals surface area (Å²) in [6.45, 7) is 6.47. The molecule has 2 aromatic rings. The van der Waals surface area contributed by atoms with Gasteiger partial charge in [-0.25, -0.2) is 0 Å². The summed E-state index contributed by atoms with van der Waals surface area (Å²) >= 11 is 0. The lowest BCUT2D eigenvalue weighted by atomic mass is 9.82. The third-order valence-electron chi connectivity index (χ3n) is 3.69. The normalized spacial score (nSPS) is 11.9. The molecule has 0 heterocycles. The highest BCUT2D eigenvalue weighted by Gasteiger charge is 2.19. The van der Waals surface area contributed by atoms with E-state index in [4.69, 9.17) is 4.74 Å². The summed E-state index contributed by atoms with van der Waals surface area (Å²) in [7, 11) is 1.66. The monoisotopic (exact) mass is 296 g/mol. The SMILES string of the molecule is COc1cc(CO)c(C(C)(C)C)cc1C=Cc1ccccc1. The minimum absolute atomic E-state index is 0.0195. The lowest BCUT2D eigenvalue weighted by Gasteiger charge is -2.24. The first-order chi connectivity index (χ1) is 10.5. The molecule has 0 aliphatic heterocycles. The fraction of sp³-hybridized carbons (Fsp3) is 0.300. The maximum absolute atomic E-state index is 9.63. The Labute approximate surface area is 133 Å². The summed E-state index contributed by atoms with van der Waals surface area (Å²) in [5.41, 5.74) is 4.20. The van der Waals surface area contributed by atoms with Crippen LogP contribution in [0.1, 0.15) is 43.0 Å². The highest BCUT2D eigenvalue weighted by atomic mass is 16.5. The van der Waals surface area contributed by atoms with Crippen LogP contribution in [0.4, 0.5) is 0 Å². The smallest absolute Gasteiger partial charge is 0.126 e. The number of aliphatic hydroxyl groups excluding tert-OH is 1. The van der Waals surface area contributed by atoms with Gasteiger partial charge in [0.1, 0.15) is 5.75 Å². The number of hydrogen-bond donors (Lipinski definition) is 1. The Morgan fingerprint density at radius 2 is 1.73 bits per heavy atom. The average molecular weight is 296 g/mol. The van der Waals surface area contributed by atoms with Gasteiger partial charge < -0.3 is 9.84 Å². The van der Waals surface area contributed by atoms with Crippen molar-refractivity contribution in [2.45, 2.75) is 32.8 Å². The average Bonchev–Trinajstić information content (AvgIpc) is 2.52. The van der Waals surface area contributed by atoms with Crippen LogP contribution in [0.2, 0.25) is 0 Å². The van der Waals surface area contributed by atoms with E-state index in [1.54, 1.807) is 7.11 Å². The van der Waals surface area contributed by atoms with E-state index < -0.39 is 0 Å². The van der Waals surface area contributed by atoms with Crippen molar-refractivity contribution in [1.29, 1.82) is 0 Å². The molecule has 22 heavy (non-hydrogen) atoms.